The van der Waals surface area contributed by atoms with Crippen LogP contribution in [0.2, 0.25) is 0 Å². The van der Waals surface area contributed by atoms with Gasteiger partial charge in [0.1, 0.15) is 0 Å². The van der Waals surface area contributed by atoms with Gasteiger partial charge in [-0.25, -0.2) is 0 Å². The molecule has 0 atom stereocenters. The molecule has 0 bridgehead atoms. The van der Waals surface area contributed by atoms with Crippen LogP contribution >= 0.6 is 8.46 Å². The summed E-state index contributed by atoms with van der Waals surface area (Å²) in [5, 5.41) is 0. The topological polar surface area (TPSA) is 17.1 Å². The molecule has 0 unspecified atom stereocenters. The quantitative estimate of drug-likeness (QED) is 0.448. The van der Waals surface area contributed by atoms with Crippen LogP contribution in [0.4, 0.5) is 0 Å². The van der Waals surface area contributed by atoms with Crippen molar-refractivity contribution in [2.45, 2.75) is 19.5 Å². The van der Waals surface area contributed by atoms with Gasteiger partial charge in [-0.05, 0) is 0 Å². The van der Waals surface area contributed by atoms with E-state index in [2.05, 4.69) is 0 Å². The molecule has 0 aromatic carbocycles. The minimum absolute atomic E-state index is 0.247. The Kier molecular flexibility index (Phi) is 2.39. The van der Waals surface area contributed by atoms with Crippen molar-refractivity contribution in [1.82, 2.24) is 0 Å². The van der Waals surface area contributed by atoms with Crippen molar-refractivity contribution in [2.24, 2.45) is 0 Å². The van der Waals surface area contributed by atoms with E-state index >= 15 is 0 Å². The molecule has 0 fully saturated rings. The summed E-state index contributed by atoms with van der Waals surface area (Å²) < 4.78 is 9.60. The van der Waals surface area contributed by atoms with Crippen molar-refractivity contribution in [3.8, 4) is 0 Å². The fourth-order valence-electron chi connectivity index (χ4n) is 0. The molecule has 0 aromatic rings. The summed E-state index contributed by atoms with van der Waals surface area (Å²) in [5.74, 6) is 0. The standard InChI is InChI=1S/C3H7OP/c1-3(2)5-4/h3H,1-2H3. The molecule has 0 amide bonds. The van der Waals surface area contributed by atoms with Crippen molar-refractivity contribution in [1.29, 1.82) is 0 Å². The van der Waals surface area contributed by atoms with Gasteiger partial charge in [-0.2, -0.15) is 0 Å². The van der Waals surface area contributed by atoms with Crippen LogP contribution in [0.25, 0.3) is 0 Å². The van der Waals surface area contributed by atoms with Crippen LogP contribution < -0.4 is 0 Å². The SMILES string of the molecule is CC(C)P=O. The molecule has 0 radical (unpaired) electrons. The molecule has 0 heterocycles. The van der Waals surface area contributed by atoms with Crippen LogP contribution in [-0.4, -0.2) is 5.66 Å². The van der Waals surface area contributed by atoms with Gasteiger partial charge in [0.2, 0.25) is 0 Å². The van der Waals surface area contributed by atoms with Gasteiger partial charge < -0.3 is 0 Å². The van der Waals surface area contributed by atoms with Crippen LogP contribution in [0.15, 0.2) is 0 Å². The highest BCUT2D eigenvalue weighted by molar-refractivity contribution is 7.24. The number of rotatable bonds is 1. The van der Waals surface area contributed by atoms with Gasteiger partial charge >= 0.3 is 0 Å². The van der Waals surface area contributed by atoms with Gasteiger partial charge in [-0.15, -0.1) is 0 Å². The molecule has 0 aliphatic rings. The molecule has 30 valence electrons. The summed E-state index contributed by atoms with van der Waals surface area (Å²) in [5.41, 5.74) is 0.301. The lowest BCUT2D eigenvalue weighted by Crippen LogP contribution is -1.72. The second-order valence-electron chi connectivity index (χ2n) is 1.20. The maximum Gasteiger partial charge on any atom is 0.158 e. The second kappa shape index (κ2) is 2.34. The highest BCUT2D eigenvalue weighted by atomic mass is 31.1. The van der Waals surface area contributed by atoms with E-state index in [1.165, 1.54) is 0 Å². The van der Waals surface area contributed by atoms with Crippen molar-refractivity contribution in [3.63, 3.8) is 0 Å². The van der Waals surface area contributed by atoms with E-state index in [-0.39, 0.29) is 8.46 Å². The molecule has 0 aromatic heterocycles. The van der Waals surface area contributed by atoms with Gasteiger partial charge in [-0.1, -0.05) is 13.8 Å². The highest BCUT2D eigenvalue weighted by Gasteiger charge is 1.81. The minimum Gasteiger partial charge on any atom is -0.275 e. The molecule has 0 spiro atoms. The Labute approximate surface area is 33.6 Å². The van der Waals surface area contributed by atoms with Crippen molar-refractivity contribution < 1.29 is 4.57 Å². The second-order valence-corrected chi connectivity index (χ2v) is 2.44. The third-order valence-electron chi connectivity index (χ3n) is 0.211. The summed E-state index contributed by atoms with van der Waals surface area (Å²) in [6.07, 6.45) is 0. The lowest BCUT2D eigenvalue weighted by molar-refractivity contribution is 0.594. The van der Waals surface area contributed by atoms with Crippen molar-refractivity contribution in [3.05, 3.63) is 0 Å². The lowest BCUT2D eigenvalue weighted by Gasteiger charge is -1.76. The van der Waals surface area contributed by atoms with Gasteiger partial charge in [0.25, 0.3) is 0 Å². The maximum atomic E-state index is 9.60. The molecule has 0 aliphatic heterocycles. The monoisotopic (exact) mass is 90.0 g/mol. The van der Waals surface area contributed by atoms with E-state index in [0.717, 1.165) is 0 Å². The van der Waals surface area contributed by atoms with Crippen LogP contribution in [0.5, 0.6) is 0 Å². The van der Waals surface area contributed by atoms with Crippen LogP contribution in [0.3, 0.4) is 0 Å². The Balaban J connectivity index is 2.83. The first-order valence-electron chi connectivity index (χ1n) is 1.60. The molecule has 0 saturated heterocycles. The van der Waals surface area contributed by atoms with Crippen LogP contribution in [-0.2, 0) is 4.57 Å². The molecule has 0 aliphatic carbocycles. The van der Waals surface area contributed by atoms with E-state index in [4.69, 9.17) is 0 Å². The van der Waals surface area contributed by atoms with Gasteiger partial charge in [0.05, 0.1) is 0 Å². The third kappa shape index (κ3) is 4.10. The van der Waals surface area contributed by atoms with E-state index in [1.54, 1.807) is 0 Å². The van der Waals surface area contributed by atoms with Crippen molar-refractivity contribution in [2.75, 3.05) is 0 Å². The molecular weight excluding hydrogens is 83.0 g/mol. The third-order valence-corrected chi connectivity index (χ3v) is 0.632. The lowest BCUT2D eigenvalue weighted by atomic mass is 10.6. The maximum absolute atomic E-state index is 9.60. The van der Waals surface area contributed by atoms with E-state index in [0.29, 0.717) is 5.66 Å². The average Bonchev–Trinajstić information content (AvgIpc) is 1.38. The van der Waals surface area contributed by atoms with Gasteiger partial charge in [0, 0.05) is 5.66 Å². The Bertz CT molecular complexity index is 33.9. The predicted octanol–water partition coefficient (Wildman–Crippen LogP) is 1.69. The normalized spacial score (nSPS) is 10.2. The summed E-state index contributed by atoms with van der Waals surface area (Å²) >= 11 is 0. The molecule has 1 nitrogen and oxygen atoms in total. The average molecular weight is 90.1 g/mol. The molecule has 0 N–H and O–H groups in total. The first-order valence-corrected chi connectivity index (χ1v) is 2.48. The number of hydrogen-bond donors (Lipinski definition) is 0. The molecule has 2 heteroatoms. The van der Waals surface area contributed by atoms with Crippen LogP contribution in [0, 0.1) is 0 Å². The minimum atomic E-state index is 0.247. The largest absolute Gasteiger partial charge is 0.275 e. The predicted molar refractivity (Wildman–Crippen MR) is 22.7 cm³/mol. The van der Waals surface area contributed by atoms with E-state index in [9.17, 15) is 4.57 Å². The smallest absolute Gasteiger partial charge is 0.158 e. The Morgan fingerprint density at radius 1 is 1.60 bits per heavy atom. The van der Waals surface area contributed by atoms with E-state index in [1.807, 2.05) is 13.8 Å². The first kappa shape index (κ1) is 5.10. The zero-order chi connectivity index (χ0) is 4.28. The fourth-order valence-corrected chi connectivity index (χ4v) is 0. The zero-order valence-electron chi connectivity index (χ0n) is 3.43. The van der Waals surface area contributed by atoms with Gasteiger partial charge in [-0.3, -0.25) is 4.57 Å². The number of hydrogen-bond acceptors (Lipinski definition) is 1. The molecular formula is C3H7OP. The Morgan fingerprint density at radius 3 is 1.80 bits per heavy atom. The Morgan fingerprint density at radius 2 is 1.80 bits per heavy atom. The molecule has 0 rings (SSSR count). The molecule has 0 saturated carbocycles. The summed E-state index contributed by atoms with van der Waals surface area (Å²) in [4.78, 5) is 0. The van der Waals surface area contributed by atoms with Crippen LogP contribution in [0.1, 0.15) is 13.8 Å². The molecule has 5 heavy (non-hydrogen) atoms. The van der Waals surface area contributed by atoms with Crippen molar-refractivity contribution >= 4 is 8.46 Å². The van der Waals surface area contributed by atoms with E-state index < -0.39 is 0 Å². The summed E-state index contributed by atoms with van der Waals surface area (Å²) in [7, 11) is 0.247. The summed E-state index contributed by atoms with van der Waals surface area (Å²) in [6, 6.07) is 0. The summed E-state index contributed by atoms with van der Waals surface area (Å²) in [6.45, 7) is 3.79. The fraction of sp³-hybridized carbons (Fsp3) is 1.00. The Hall–Kier alpha value is 0.100. The highest BCUT2D eigenvalue weighted by Crippen LogP contribution is 1.99. The first-order chi connectivity index (χ1) is 2.27. The van der Waals surface area contributed by atoms with Gasteiger partial charge in [0.15, 0.2) is 8.46 Å². The zero-order valence-corrected chi connectivity index (χ0v) is 4.33.